The summed E-state index contributed by atoms with van der Waals surface area (Å²) < 4.78 is 5.13. The zero-order valence-electron chi connectivity index (χ0n) is 10.2. The van der Waals surface area contributed by atoms with E-state index in [0.29, 0.717) is 31.4 Å². The molecule has 0 aliphatic carbocycles. The number of aromatic nitrogens is 2. The van der Waals surface area contributed by atoms with Gasteiger partial charge in [0, 0.05) is 19.5 Å². The molecule has 0 spiro atoms. The first kappa shape index (κ1) is 12.5. The van der Waals surface area contributed by atoms with Gasteiger partial charge in [-0.15, -0.1) is 0 Å². The first-order valence-electron chi connectivity index (χ1n) is 5.94. The van der Waals surface area contributed by atoms with Gasteiger partial charge in [0.2, 0.25) is 5.89 Å². The number of hydrogen-bond acceptors (Lipinski definition) is 6. The standard InChI is InChI=1S/C11H19N3O3/c1-7(2)3-10-12-11(17-13-10)6-14-4-8(15)9(16)5-14/h7-9,15-16H,3-6H2,1-2H3/t8-,9+. The lowest BCUT2D eigenvalue weighted by molar-refractivity contribution is 0.0572. The number of hydrogen-bond donors (Lipinski definition) is 2. The van der Waals surface area contributed by atoms with Crippen LogP contribution in [-0.4, -0.2) is 50.6 Å². The van der Waals surface area contributed by atoms with Crippen LogP contribution in [0, 0.1) is 5.92 Å². The van der Waals surface area contributed by atoms with Gasteiger partial charge in [0.25, 0.3) is 0 Å². The van der Waals surface area contributed by atoms with Crippen molar-refractivity contribution in [2.45, 2.75) is 39.0 Å². The lowest BCUT2D eigenvalue weighted by atomic mass is 10.1. The average molecular weight is 241 g/mol. The zero-order chi connectivity index (χ0) is 12.4. The Bertz CT molecular complexity index is 357. The Labute approximate surface area is 100 Å². The topological polar surface area (TPSA) is 82.6 Å². The van der Waals surface area contributed by atoms with Crippen LogP contribution >= 0.6 is 0 Å². The van der Waals surface area contributed by atoms with Gasteiger partial charge in [0.1, 0.15) is 0 Å². The van der Waals surface area contributed by atoms with E-state index in [4.69, 9.17) is 4.52 Å². The first-order valence-corrected chi connectivity index (χ1v) is 5.94. The van der Waals surface area contributed by atoms with Gasteiger partial charge in [-0.2, -0.15) is 4.98 Å². The highest BCUT2D eigenvalue weighted by molar-refractivity contribution is 4.90. The largest absolute Gasteiger partial charge is 0.389 e. The van der Waals surface area contributed by atoms with E-state index in [9.17, 15) is 10.2 Å². The summed E-state index contributed by atoms with van der Waals surface area (Å²) in [5, 5.41) is 22.7. The monoisotopic (exact) mass is 241 g/mol. The Morgan fingerprint density at radius 1 is 1.35 bits per heavy atom. The highest BCUT2D eigenvalue weighted by Crippen LogP contribution is 2.13. The van der Waals surface area contributed by atoms with Gasteiger partial charge in [0.15, 0.2) is 5.82 Å². The number of β-amino-alcohol motifs (C(OH)–C–C–N with tert-alkyl or cyclic N) is 2. The molecule has 1 aromatic heterocycles. The molecule has 2 rings (SSSR count). The molecule has 1 aliphatic rings. The van der Waals surface area contributed by atoms with Crippen molar-refractivity contribution >= 4 is 0 Å². The van der Waals surface area contributed by atoms with Gasteiger partial charge < -0.3 is 14.7 Å². The molecule has 1 aromatic rings. The third-order valence-corrected chi connectivity index (χ3v) is 2.79. The van der Waals surface area contributed by atoms with Crippen molar-refractivity contribution in [1.82, 2.24) is 15.0 Å². The van der Waals surface area contributed by atoms with E-state index in [1.165, 1.54) is 0 Å². The molecule has 1 aliphatic heterocycles. The van der Waals surface area contributed by atoms with E-state index < -0.39 is 12.2 Å². The summed E-state index contributed by atoms with van der Waals surface area (Å²) >= 11 is 0. The van der Waals surface area contributed by atoms with Crippen LogP contribution in [0.1, 0.15) is 25.6 Å². The molecule has 96 valence electrons. The van der Waals surface area contributed by atoms with E-state index in [1.807, 2.05) is 4.90 Å². The molecule has 6 nitrogen and oxygen atoms in total. The fourth-order valence-electron chi connectivity index (χ4n) is 1.97. The number of nitrogens with zero attached hydrogens (tertiary/aromatic N) is 3. The highest BCUT2D eigenvalue weighted by atomic mass is 16.5. The van der Waals surface area contributed by atoms with Crippen LogP contribution in [0.5, 0.6) is 0 Å². The van der Waals surface area contributed by atoms with Crippen LogP contribution in [0.3, 0.4) is 0 Å². The minimum Gasteiger partial charge on any atom is -0.389 e. The van der Waals surface area contributed by atoms with Gasteiger partial charge in [-0.3, -0.25) is 4.90 Å². The van der Waals surface area contributed by atoms with Crippen molar-refractivity contribution in [2.24, 2.45) is 5.92 Å². The minimum atomic E-state index is -0.673. The van der Waals surface area contributed by atoms with Gasteiger partial charge in [-0.25, -0.2) is 0 Å². The molecular formula is C11H19N3O3. The second kappa shape index (κ2) is 5.12. The van der Waals surface area contributed by atoms with E-state index >= 15 is 0 Å². The molecule has 0 unspecified atom stereocenters. The van der Waals surface area contributed by atoms with Crippen LogP contribution in [0.15, 0.2) is 4.52 Å². The van der Waals surface area contributed by atoms with Crippen LogP contribution < -0.4 is 0 Å². The predicted octanol–water partition coefficient (Wildman–Crippen LogP) is -0.195. The highest BCUT2D eigenvalue weighted by Gasteiger charge is 2.30. The van der Waals surface area contributed by atoms with Crippen molar-refractivity contribution in [3.63, 3.8) is 0 Å². The third-order valence-electron chi connectivity index (χ3n) is 2.79. The summed E-state index contributed by atoms with van der Waals surface area (Å²) in [5.74, 6) is 1.76. The summed E-state index contributed by atoms with van der Waals surface area (Å²) in [6.07, 6.45) is -0.546. The van der Waals surface area contributed by atoms with E-state index in [0.717, 1.165) is 12.2 Å². The van der Waals surface area contributed by atoms with Crippen molar-refractivity contribution in [3.8, 4) is 0 Å². The Balaban J connectivity index is 1.89. The molecule has 0 saturated carbocycles. The molecule has 2 N–H and O–H groups in total. The molecule has 17 heavy (non-hydrogen) atoms. The normalized spacial score (nSPS) is 25.9. The Morgan fingerprint density at radius 3 is 2.59 bits per heavy atom. The van der Waals surface area contributed by atoms with E-state index in [1.54, 1.807) is 0 Å². The van der Waals surface area contributed by atoms with Crippen molar-refractivity contribution in [1.29, 1.82) is 0 Å². The van der Waals surface area contributed by atoms with Gasteiger partial charge >= 0.3 is 0 Å². The SMILES string of the molecule is CC(C)Cc1noc(CN2C[C@@H](O)[C@@H](O)C2)n1. The number of likely N-dealkylation sites (tertiary alicyclic amines) is 1. The maximum Gasteiger partial charge on any atom is 0.240 e. The lowest BCUT2D eigenvalue weighted by Gasteiger charge is -2.10. The predicted molar refractivity (Wildman–Crippen MR) is 60.1 cm³/mol. The molecule has 1 saturated heterocycles. The summed E-state index contributed by atoms with van der Waals surface area (Å²) in [5.41, 5.74) is 0. The van der Waals surface area contributed by atoms with Crippen LogP contribution in [0.2, 0.25) is 0 Å². The maximum absolute atomic E-state index is 9.41. The molecule has 6 heteroatoms. The second-order valence-electron chi connectivity index (χ2n) is 5.03. The Kier molecular flexibility index (Phi) is 3.76. The maximum atomic E-state index is 9.41. The average Bonchev–Trinajstić information content (AvgIpc) is 2.75. The van der Waals surface area contributed by atoms with Crippen LogP contribution in [0.25, 0.3) is 0 Å². The fourth-order valence-corrected chi connectivity index (χ4v) is 1.97. The molecule has 0 bridgehead atoms. The number of aliphatic hydroxyl groups is 2. The summed E-state index contributed by atoms with van der Waals surface area (Å²) in [7, 11) is 0. The molecule has 1 fully saturated rings. The first-order chi connectivity index (χ1) is 8.04. The second-order valence-corrected chi connectivity index (χ2v) is 5.03. The quantitative estimate of drug-likeness (QED) is 0.760. The summed E-state index contributed by atoms with van der Waals surface area (Å²) in [4.78, 5) is 6.19. The third kappa shape index (κ3) is 3.24. The van der Waals surface area contributed by atoms with Crippen LogP contribution in [0.4, 0.5) is 0 Å². The smallest absolute Gasteiger partial charge is 0.240 e. The fraction of sp³-hybridized carbons (Fsp3) is 0.818. The molecule has 2 heterocycles. The molecule has 0 amide bonds. The van der Waals surface area contributed by atoms with Crippen molar-refractivity contribution < 1.29 is 14.7 Å². The van der Waals surface area contributed by atoms with Crippen molar-refractivity contribution in [2.75, 3.05) is 13.1 Å². The molecule has 0 radical (unpaired) electrons. The van der Waals surface area contributed by atoms with Crippen molar-refractivity contribution in [3.05, 3.63) is 11.7 Å². The molecule has 2 atom stereocenters. The Morgan fingerprint density at radius 2 is 2.00 bits per heavy atom. The summed E-state index contributed by atoms with van der Waals surface area (Å²) in [6.45, 7) is 5.58. The molecular weight excluding hydrogens is 222 g/mol. The minimum absolute atomic E-state index is 0.447. The van der Waals surface area contributed by atoms with Crippen LogP contribution in [-0.2, 0) is 13.0 Å². The number of aliphatic hydroxyl groups excluding tert-OH is 2. The molecule has 0 aromatic carbocycles. The lowest BCUT2D eigenvalue weighted by Crippen LogP contribution is -2.22. The Hall–Kier alpha value is -0.980. The number of rotatable bonds is 4. The van der Waals surface area contributed by atoms with Gasteiger partial charge in [0.05, 0.1) is 18.8 Å². The van der Waals surface area contributed by atoms with E-state index in [2.05, 4.69) is 24.0 Å². The van der Waals surface area contributed by atoms with Gasteiger partial charge in [-0.05, 0) is 5.92 Å². The van der Waals surface area contributed by atoms with E-state index in [-0.39, 0.29) is 0 Å². The van der Waals surface area contributed by atoms with Gasteiger partial charge in [-0.1, -0.05) is 19.0 Å². The summed E-state index contributed by atoms with van der Waals surface area (Å²) in [6, 6.07) is 0. The zero-order valence-corrected chi connectivity index (χ0v) is 10.2.